The first-order chi connectivity index (χ1) is 39.6. The van der Waals surface area contributed by atoms with E-state index in [0.29, 0.717) is 13.0 Å². The zero-order valence-electron chi connectivity index (χ0n) is 50.8. The zero-order valence-corrected chi connectivity index (χ0v) is 50.8. The van der Waals surface area contributed by atoms with Gasteiger partial charge in [-0.1, -0.05) is 228 Å². The van der Waals surface area contributed by atoms with Crippen LogP contribution in [0.25, 0.3) is 0 Å². The quantitative estimate of drug-likeness (QED) is 0.0172. The largest absolute Gasteiger partial charge is 0.457 e. The van der Waals surface area contributed by atoms with E-state index >= 15 is 0 Å². The number of carbonyl (C=O) groups excluding carboxylic acids is 1. The number of allylic oxidation sites excluding steroid dienone is 12. The van der Waals surface area contributed by atoms with Gasteiger partial charge in [0.1, 0.15) is 54.9 Å². The third-order valence-electron chi connectivity index (χ3n) is 15.2. The number of unbranched alkanes of at least 4 members (excludes halogenated alkanes) is 27. The Morgan fingerprint density at radius 3 is 1.27 bits per heavy atom. The molecule has 0 aliphatic carbocycles. The molecule has 2 heterocycles. The van der Waals surface area contributed by atoms with Crippen LogP contribution >= 0.6 is 0 Å². The minimum Gasteiger partial charge on any atom is -0.457 e. The molecule has 0 bridgehead atoms. The van der Waals surface area contributed by atoms with E-state index < -0.39 is 80.7 Å². The SMILES string of the molecule is CC/C=C\C/C=C\C/C=C\C/C=C\C/C=C\CCCCCCCCCCOCC(COC1OC(COC2OC(CO)C(O)C(O)C2O)C(O)C(O)C1O)OC(=O)CCCCCCCCCCCCC/C=C\CCCCCCCCCC. The van der Waals surface area contributed by atoms with Crippen LogP contribution in [0, 0.1) is 0 Å². The van der Waals surface area contributed by atoms with Crippen LogP contribution in [-0.4, -0.2) is 142 Å². The van der Waals surface area contributed by atoms with Crippen molar-refractivity contribution in [3.05, 3.63) is 72.9 Å². The first-order valence-electron chi connectivity index (χ1n) is 32.5. The van der Waals surface area contributed by atoms with Crippen molar-refractivity contribution in [3.8, 4) is 0 Å². The second kappa shape index (κ2) is 52.9. The Balaban J connectivity index is 1.68. The summed E-state index contributed by atoms with van der Waals surface area (Å²) in [7, 11) is 0. The van der Waals surface area contributed by atoms with Gasteiger partial charge in [-0.3, -0.25) is 4.79 Å². The summed E-state index contributed by atoms with van der Waals surface area (Å²) < 4.78 is 34.5. The lowest BCUT2D eigenvalue weighted by atomic mass is 9.98. The summed E-state index contributed by atoms with van der Waals surface area (Å²) in [6, 6.07) is 0. The summed E-state index contributed by atoms with van der Waals surface area (Å²) in [5.74, 6) is -0.379. The Bertz CT molecular complexity index is 1610. The fraction of sp³-hybridized carbons (Fsp3) is 0.806. The van der Waals surface area contributed by atoms with E-state index in [0.717, 1.165) is 77.0 Å². The predicted octanol–water partition coefficient (Wildman–Crippen LogP) is 13.0. The van der Waals surface area contributed by atoms with E-state index in [1.54, 1.807) is 0 Å². The highest BCUT2D eigenvalue weighted by Crippen LogP contribution is 2.27. The van der Waals surface area contributed by atoms with Crippen LogP contribution in [-0.2, 0) is 33.2 Å². The Morgan fingerprint density at radius 1 is 0.420 bits per heavy atom. The molecule has 2 saturated heterocycles. The van der Waals surface area contributed by atoms with Gasteiger partial charge in [0.25, 0.3) is 0 Å². The monoisotopic (exact) mass is 1150 g/mol. The minimum absolute atomic E-state index is 0.0533. The van der Waals surface area contributed by atoms with Gasteiger partial charge in [0.05, 0.1) is 26.4 Å². The van der Waals surface area contributed by atoms with Crippen LogP contribution in [0.5, 0.6) is 0 Å². The highest BCUT2D eigenvalue weighted by Gasteiger charge is 2.47. The molecule has 2 rings (SSSR count). The fourth-order valence-electron chi connectivity index (χ4n) is 10.0. The lowest BCUT2D eigenvalue weighted by molar-refractivity contribution is -0.332. The molecule has 11 atom stereocenters. The molecule has 14 nitrogen and oxygen atoms in total. The lowest BCUT2D eigenvalue weighted by Crippen LogP contribution is -2.61. The molecule has 0 aromatic carbocycles. The molecule has 2 aliphatic heterocycles. The number of carbonyl (C=O) groups is 1. The molecule has 0 aromatic rings. The molecular weight excluding hydrogens is 1030 g/mol. The second-order valence-corrected chi connectivity index (χ2v) is 22.6. The van der Waals surface area contributed by atoms with E-state index in [1.165, 1.54) is 141 Å². The van der Waals surface area contributed by atoms with Crippen molar-refractivity contribution < 1.29 is 69.0 Å². The first-order valence-corrected chi connectivity index (χ1v) is 32.5. The summed E-state index contributed by atoms with van der Waals surface area (Å²) in [5.41, 5.74) is 0. The topological polar surface area (TPSA) is 214 Å². The molecular formula is C67H118O14. The number of hydrogen-bond donors (Lipinski definition) is 7. The molecule has 0 radical (unpaired) electrons. The maximum absolute atomic E-state index is 13.1. The number of esters is 1. The molecule has 0 saturated carbocycles. The van der Waals surface area contributed by atoms with Crippen molar-refractivity contribution in [2.75, 3.05) is 33.0 Å². The second-order valence-electron chi connectivity index (χ2n) is 22.6. The third kappa shape index (κ3) is 38.9. The Morgan fingerprint density at radius 2 is 0.802 bits per heavy atom. The summed E-state index contributed by atoms with van der Waals surface area (Å²) in [5, 5.41) is 72.5. The van der Waals surface area contributed by atoms with Gasteiger partial charge in [-0.2, -0.15) is 0 Å². The predicted molar refractivity (Wildman–Crippen MR) is 325 cm³/mol. The molecule has 81 heavy (non-hydrogen) atoms. The van der Waals surface area contributed by atoms with Gasteiger partial charge >= 0.3 is 5.97 Å². The Hall–Kier alpha value is -2.57. The molecule has 14 heteroatoms. The first kappa shape index (κ1) is 74.5. The van der Waals surface area contributed by atoms with Crippen LogP contribution in [0.2, 0.25) is 0 Å². The molecule has 2 fully saturated rings. The maximum atomic E-state index is 13.1. The van der Waals surface area contributed by atoms with Gasteiger partial charge in [0, 0.05) is 13.0 Å². The molecule has 0 aromatic heterocycles. The molecule has 11 unspecified atom stereocenters. The number of aliphatic hydroxyl groups excluding tert-OH is 7. The number of rotatable bonds is 53. The van der Waals surface area contributed by atoms with Crippen molar-refractivity contribution in [3.63, 3.8) is 0 Å². The van der Waals surface area contributed by atoms with Gasteiger partial charge in [-0.15, -0.1) is 0 Å². The van der Waals surface area contributed by atoms with Gasteiger partial charge in [-0.25, -0.2) is 0 Å². The van der Waals surface area contributed by atoms with Gasteiger partial charge in [0.15, 0.2) is 12.6 Å². The minimum atomic E-state index is -1.71. The Kier molecular flexibility index (Phi) is 48.7. The summed E-state index contributed by atoms with van der Waals surface area (Å²) in [6.45, 7) is 3.58. The van der Waals surface area contributed by atoms with Crippen LogP contribution in [0.4, 0.5) is 0 Å². The zero-order chi connectivity index (χ0) is 58.6. The van der Waals surface area contributed by atoms with Gasteiger partial charge in [-0.05, 0) is 83.5 Å². The molecule has 2 aliphatic rings. The van der Waals surface area contributed by atoms with Crippen molar-refractivity contribution in [2.45, 2.75) is 313 Å². The highest BCUT2D eigenvalue weighted by atomic mass is 16.7. The summed E-state index contributed by atoms with van der Waals surface area (Å²) >= 11 is 0. The summed E-state index contributed by atoms with van der Waals surface area (Å²) in [6.07, 6.45) is 52.5. The number of aliphatic hydroxyl groups is 7. The van der Waals surface area contributed by atoms with Crippen LogP contribution < -0.4 is 0 Å². The average Bonchev–Trinajstić information content (AvgIpc) is 3.46. The van der Waals surface area contributed by atoms with Crippen molar-refractivity contribution >= 4 is 5.97 Å². The Labute approximate surface area is 491 Å². The number of ether oxygens (including phenoxy) is 6. The van der Waals surface area contributed by atoms with Gasteiger partial charge < -0.3 is 64.2 Å². The molecule has 0 amide bonds. The third-order valence-corrected chi connectivity index (χ3v) is 15.2. The van der Waals surface area contributed by atoms with E-state index in [2.05, 4.69) is 86.8 Å². The molecule has 7 N–H and O–H groups in total. The maximum Gasteiger partial charge on any atom is 0.306 e. The van der Waals surface area contributed by atoms with Crippen LogP contribution in [0.3, 0.4) is 0 Å². The fourth-order valence-corrected chi connectivity index (χ4v) is 10.0. The van der Waals surface area contributed by atoms with Crippen molar-refractivity contribution in [1.29, 1.82) is 0 Å². The van der Waals surface area contributed by atoms with Crippen molar-refractivity contribution in [1.82, 2.24) is 0 Å². The highest BCUT2D eigenvalue weighted by molar-refractivity contribution is 5.69. The molecule has 0 spiro atoms. The van der Waals surface area contributed by atoms with Crippen molar-refractivity contribution in [2.24, 2.45) is 0 Å². The van der Waals surface area contributed by atoms with E-state index in [4.69, 9.17) is 28.4 Å². The average molecular weight is 1150 g/mol. The number of hydrogen-bond acceptors (Lipinski definition) is 14. The van der Waals surface area contributed by atoms with E-state index in [1.807, 2.05) is 0 Å². The van der Waals surface area contributed by atoms with E-state index in [9.17, 15) is 40.5 Å². The molecule has 470 valence electrons. The summed E-state index contributed by atoms with van der Waals surface area (Å²) in [4.78, 5) is 13.1. The van der Waals surface area contributed by atoms with Gasteiger partial charge in [0.2, 0.25) is 0 Å². The smallest absolute Gasteiger partial charge is 0.306 e. The van der Waals surface area contributed by atoms with E-state index in [-0.39, 0.29) is 25.6 Å². The van der Waals surface area contributed by atoms with Crippen LogP contribution in [0.15, 0.2) is 72.9 Å². The normalized spacial score (nSPS) is 24.2. The standard InChI is InChI=1S/C67H118O14/c1-3-5-7-9-11-13-15-17-19-21-23-25-27-29-31-33-35-37-39-41-43-45-47-49-51-76-53-56(54-77-66-65(75)63(73)61(71)58(81-66)55-78-67-64(74)62(72)60(70)57(52-68)80-67)79-59(69)50-48-46-44-42-40-38-36-34-32-30-28-26-24-22-20-18-16-14-12-10-8-6-4-2/h5,7,11,13,17,19,22-25,29,31,56-58,60-68,70-75H,3-4,6,8-10,12,14-16,18,20-21,26-28,30,32-55H2,1-2H3/b7-5-,13-11-,19-17-,24-22-,25-23-,31-29-. The van der Waals surface area contributed by atoms with Crippen LogP contribution in [0.1, 0.15) is 245 Å². The lowest BCUT2D eigenvalue weighted by Gasteiger charge is -2.42.